The zero-order valence-electron chi connectivity index (χ0n) is 9.07. The summed E-state index contributed by atoms with van der Waals surface area (Å²) in [5.41, 5.74) is 4.49. The number of primary amides is 1. The molecule has 1 atom stereocenters. The quantitative estimate of drug-likeness (QED) is 0.716. The molecule has 0 saturated carbocycles. The number of nitrogens with two attached hydrogens (primary N) is 1. The summed E-state index contributed by atoms with van der Waals surface area (Å²) in [4.78, 5) is 22.8. The first kappa shape index (κ1) is 12.7. The second-order valence-corrected chi connectivity index (χ2v) is 4.34. The third-order valence-corrected chi connectivity index (χ3v) is 1.87. The van der Waals surface area contributed by atoms with Crippen LogP contribution in [0.4, 0.5) is 4.79 Å². The molecule has 0 aromatic rings. The molecule has 0 aromatic heterocycles. The molecule has 14 heavy (non-hydrogen) atoms. The Balaban J connectivity index is 4.67. The zero-order chi connectivity index (χ0) is 11.5. The van der Waals surface area contributed by atoms with E-state index in [1.54, 1.807) is 27.7 Å². The van der Waals surface area contributed by atoms with Gasteiger partial charge in [0.05, 0.1) is 0 Å². The molecule has 0 spiro atoms. The third kappa shape index (κ3) is 3.64. The molecule has 0 rings (SSSR count). The van der Waals surface area contributed by atoms with E-state index in [4.69, 9.17) is 10.8 Å². The van der Waals surface area contributed by atoms with Crippen LogP contribution in [0.15, 0.2) is 0 Å². The largest absolute Gasteiger partial charge is 0.465 e. The molecule has 0 aliphatic carbocycles. The second kappa shape index (κ2) is 4.30. The van der Waals surface area contributed by atoms with E-state index in [1.165, 1.54) is 4.90 Å². The number of carboxylic acid groups (broad SMARTS) is 1. The first-order valence-corrected chi connectivity index (χ1v) is 4.47. The minimum absolute atomic E-state index is 0.0452. The minimum Gasteiger partial charge on any atom is -0.465 e. The van der Waals surface area contributed by atoms with Gasteiger partial charge in [-0.05, 0) is 27.7 Å². The van der Waals surface area contributed by atoms with Crippen molar-refractivity contribution in [2.45, 2.75) is 45.7 Å². The average molecular weight is 202 g/mol. The van der Waals surface area contributed by atoms with Gasteiger partial charge in [0.1, 0.15) is 0 Å². The molecule has 5 nitrogen and oxygen atoms in total. The molecule has 0 fully saturated rings. The zero-order valence-corrected chi connectivity index (χ0v) is 9.07. The third-order valence-electron chi connectivity index (χ3n) is 1.87. The van der Waals surface area contributed by atoms with E-state index in [1.807, 2.05) is 0 Å². The maximum Gasteiger partial charge on any atom is 0.407 e. The Bertz CT molecular complexity index is 233. The molecule has 0 heterocycles. The summed E-state index contributed by atoms with van der Waals surface area (Å²) in [6.07, 6.45) is -0.991. The standard InChI is InChI=1S/C9H18N2O3/c1-6(5-7(10)12)11(8(13)14)9(2,3)4/h6H,5H2,1-4H3,(H2,10,12)(H,13,14). The number of rotatable bonds is 3. The van der Waals surface area contributed by atoms with Gasteiger partial charge in [-0.3, -0.25) is 4.79 Å². The molecule has 5 heteroatoms. The van der Waals surface area contributed by atoms with Crippen LogP contribution in [0, 0.1) is 0 Å². The van der Waals surface area contributed by atoms with Crippen molar-refractivity contribution in [1.29, 1.82) is 0 Å². The molecule has 0 saturated heterocycles. The Labute approximate surface area is 83.9 Å². The van der Waals surface area contributed by atoms with Crippen LogP contribution in [0.1, 0.15) is 34.1 Å². The van der Waals surface area contributed by atoms with E-state index >= 15 is 0 Å². The first-order chi connectivity index (χ1) is 6.16. The van der Waals surface area contributed by atoms with Crippen LogP contribution in [0.3, 0.4) is 0 Å². The molecule has 0 aliphatic heterocycles. The fourth-order valence-corrected chi connectivity index (χ4v) is 1.52. The summed E-state index contributed by atoms with van der Waals surface area (Å²) in [7, 11) is 0. The molecule has 1 unspecified atom stereocenters. The monoisotopic (exact) mass is 202 g/mol. The lowest BCUT2D eigenvalue weighted by atomic mass is 10.0. The minimum atomic E-state index is -1.04. The highest BCUT2D eigenvalue weighted by atomic mass is 16.4. The summed E-state index contributed by atoms with van der Waals surface area (Å²) in [5.74, 6) is -0.493. The SMILES string of the molecule is CC(CC(N)=O)N(C(=O)O)C(C)(C)C. The molecular weight excluding hydrogens is 184 g/mol. The van der Waals surface area contributed by atoms with Crippen molar-refractivity contribution in [3.8, 4) is 0 Å². The summed E-state index contributed by atoms with van der Waals surface area (Å²) in [5, 5.41) is 8.97. The summed E-state index contributed by atoms with van der Waals surface area (Å²) < 4.78 is 0. The Kier molecular flexibility index (Phi) is 3.92. The van der Waals surface area contributed by atoms with Crippen LogP contribution in [0.2, 0.25) is 0 Å². The Morgan fingerprint density at radius 2 is 1.86 bits per heavy atom. The van der Waals surface area contributed by atoms with Gasteiger partial charge in [0.15, 0.2) is 0 Å². The number of carbonyl (C=O) groups excluding carboxylic acids is 1. The van der Waals surface area contributed by atoms with E-state index in [-0.39, 0.29) is 6.42 Å². The lowest BCUT2D eigenvalue weighted by Gasteiger charge is -2.37. The number of hydrogen-bond donors (Lipinski definition) is 2. The second-order valence-electron chi connectivity index (χ2n) is 4.34. The lowest BCUT2D eigenvalue weighted by molar-refractivity contribution is -0.119. The predicted molar refractivity (Wildman–Crippen MR) is 52.9 cm³/mol. The normalized spacial score (nSPS) is 13.4. The van der Waals surface area contributed by atoms with Gasteiger partial charge >= 0.3 is 6.09 Å². The van der Waals surface area contributed by atoms with Crippen molar-refractivity contribution in [1.82, 2.24) is 4.90 Å². The van der Waals surface area contributed by atoms with Crippen molar-refractivity contribution in [3.05, 3.63) is 0 Å². The van der Waals surface area contributed by atoms with E-state index in [9.17, 15) is 9.59 Å². The van der Waals surface area contributed by atoms with Crippen molar-refractivity contribution < 1.29 is 14.7 Å². The average Bonchev–Trinajstić information content (AvgIpc) is 1.78. The first-order valence-electron chi connectivity index (χ1n) is 4.47. The molecular formula is C9H18N2O3. The lowest BCUT2D eigenvalue weighted by Crippen LogP contribution is -2.51. The van der Waals surface area contributed by atoms with Gasteiger partial charge in [-0.15, -0.1) is 0 Å². The molecule has 0 bridgehead atoms. The highest BCUT2D eigenvalue weighted by Gasteiger charge is 2.31. The van der Waals surface area contributed by atoms with Gasteiger partial charge in [-0.25, -0.2) is 4.79 Å². The number of hydrogen-bond acceptors (Lipinski definition) is 2. The molecule has 0 radical (unpaired) electrons. The molecule has 2 amide bonds. The molecule has 3 N–H and O–H groups in total. The fraction of sp³-hybridized carbons (Fsp3) is 0.778. The highest BCUT2D eigenvalue weighted by Crippen LogP contribution is 2.18. The van der Waals surface area contributed by atoms with Gasteiger partial charge in [-0.2, -0.15) is 0 Å². The summed E-state index contributed by atoms with van der Waals surface area (Å²) in [6, 6.07) is -0.398. The van der Waals surface area contributed by atoms with Gasteiger partial charge < -0.3 is 15.7 Å². The van der Waals surface area contributed by atoms with E-state index < -0.39 is 23.6 Å². The maximum atomic E-state index is 10.9. The van der Waals surface area contributed by atoms with Gasteiger partial charge in [0.25, 0.3) is 0 Å². The van der Waals surface area contributed by atoms with Crippen LogP contribution >= 0.6 is 0 Å². The van der Waals surface area contributed by atoms with E-state index in [0.717, 1.165) is 0 Å². The van der Waals surface area contributed by atoms with Crippen LogP contribution < -0.4 is 5.73 Å². The van der Waals surface area contributed by atoms with E-state index in [0.29, 0.717) is 0 Å². The van der Waals surface area contributed by atoms with Crippen LogP contribution in [-0.2, 0) is 4.79 Å². The van der Waals surface area contributed by atoms with Gasteiger partial charge in [-0.1, -0.05) is 0 Å². The number of carbonyl (C=O) groups is 2. The van der Waals surface area contributed by atoms with Crippen LogP contribution in [0.5, 0.6) is 0 Å². The van der Waals surface area contributed by atoms with E-state index in [2.05, 4.69) is 0 Å². The molecule has 0 aliphatic rings. The van der Waals surface area contributed by atoms with Crippen molar-refractivity contribution in [2.24, 2.45) is 5.73 Å². The topological polar surface area (TPSA) is 83.6 Å². The van der Waals surface area contributed by atoms with Crippen LogP contribution in [-0.4, -0.2) is 33.6 Å². The summed E-state index contributed by atoms with van der Waals surface area (Å²) >= 11 is 0. The Hall–Kier alpha value is -1.26. The number of amides is 2. The Morgan fingerprint density at radius 1 is 1.43 bits per heavy atom. The molecule has 82 valence electrons. The van der Waals surface area contributed by atoms with Crippen molar-refractivity contribution >= 4 is 12.0 Å². The Morgan fingerprint density at radius 3 is 2.07 bits per heavy atom. The number of nitrogens with zero attached hydrogens (tertiary/aromatic N) is 1. The summed E-state index contributed by atoms with van der Waals surface area (Å²) in [6.45, 7) is 7.00. The van der Waals surface area contributed by atoms with Crippen LogP contribution in [0.25, 0.3) is 0 Å². The van der Waals surface area contributed by atoms with Gasteiger partial charge in [0, 0.05) is 18.0 Å². The predicted octanol–water partition coefficient (Wildman–Crippen LogP) is 1.03. The van der Waals surface area contributed by atoms with Crippen molar-refractivity contribution in [3.63, 3.8) is 0 Å². The highest BCUT2D eigenvalue weighted by molar-refractivity contribution is 5.75. The molecule has 0 aromatic carbocycles. The maximum absolute atomic E-state index is 10.9. The van der Waals surface area contributed by atoms with Gasteiger partial charge in [0.2, 0.25) is 5.91 Å². The fourth-order valence-electron chi connectivity index (χ4n) is 1.52. The smallest absolute Gasteiger partial charge is 0.407 e. The van der Waals surface area contributed by atoms with Crippen molar-refractivity contribution in [2.75, 3.05) is 0 Å².